The Labute approximate surface area is 209 Å². The van der Waals surface area contributed by atoms with Crippen molar-refractivity contribution >= 4 is 34.2 Å². The molecule has 0 atom stereocenters. The number of alkyl halides is 3. The standard InChI is InChI=1S/C25H24F3N3O4S/c1-15-19-10-12-30(14-16(19)4-9-20(15)35-24(2,3)21(32)33)23(34)31(22-29-11-13-36-22)18-7-5-17(6-8-18)25(26,27)28/h4-9,11,13H,10,12,14H2,1-3H3,(H,32,33). The summed E-state index contributed by atoms with van der Waals surface area (Å²) in [4.78, 5) is 32.2. The second-order valence-electron chi connectivity index (χ2n) is 8.89. The van der Waals surface area contributed by atoms with Gasteiger partial charge in [0.25, 0.3) is 0 Å². The van der Waals surface area contributed by atoms with Crippen LogP contribution in [0.25, 0.3) is 0 Å². The van der Waals surface area contributed by atoms with Crippen molar-refractivity contribution in [1.29, 1.82) is 0 Å². The molecular weight excluding hydrogens is 495 g/mol. The number of carboxylic acid groups (broad SMARTS) is 1. The Morgan fingerprint density at radius 1 is 1.14 bits per heavy atom. The molecule has 2 heterocycles. The lowest BCUT2D eigenvalue weighted by molar-refractivity contribution is -0.152. The number of thiazole rings is 1. The molecule has 2 amide bonds. The average Bonchev–Trinajstić information content (AvgIpc) is 3.35. The highest BCUT2D eigenvalue weighted by atomic mass is 32.1. The lowest BCUT2D eigenvalue weighted by Gasteiger charge is -2.34. The van der Waals surface area contributed by atoms with Gasteiger partial charge in [-0.1, -0.05) is 6.07 Å². The minimum absolute atomic E-state index is 0.278. The number of carbonyl (C=O) groups is 2. The van der Waals surface area contributed by atoms with Crippen molar-refractivity contribution in [2.45, 2.75) is 45.5 Å². The molecule has 0 saturated carbocycles. The van der Waals surface area contributed by atoms with Crippen LogP contribution in [0.15, 0.2) is 48.0 Å². The first-order valence-electron chi connectivity index (χ1n) is 11.1. The van der Waals surface area contributed by atoms with E-state index in [2.05, 4.69) is 4.98 Å². The third-order valence-corrected chi connectivity index (χ3v) is 6.80. The zero-order chi connectivity index (χ0) is 26.3. The second kappa shape index (κ2) is 9.45. The van der Waals surface area contributed by atoms with E-state index in [0.29, 0.717) is 23.8 Å². The number of fused-ring (bicyclic) bond motifs is 1. The van der Waals surface area contributed by atoms with Crippen molar-refractivity contribution in [3.8, 4) is 5.75 Å². The van der Waals surface area contributed by atoms with Gasteiger partial charge in [-0.25, -0.2) is 19.5 Å². The van der Waals surface area contributed by atoms with Crippen molar-refractivity contribution in [3.05, 3.63) is 70.2 Å². The summed E-state index contributed by atoms with van der Waals surface area (Å²) < 4.78 is 44.9. The van der Waals surface area contributed by atoms with Gasteiger partial charge in [-0.05, 0) is 74.2 Å². The molecule has 0 unspecified atom stereocenters. The molecule has 36 heavy (non-hydrogen) atoms. The van der Waals surface area contributed by atoms with Gasteiger partial charge in [0.2, 0.25) is 0 Å². The van der Waals surface area contributed by atoms with Crippen LogP contribution in [-0.4, -0.2) is 39.1 Å². The number of hydrogen-bond acceptors (Lipinski definition) is 5. The average molecular weight is 520 g/mol. The number of anilines is 2. The third kappa shape index (κ3) is 5.01. The fraction of sp³-hybridized carbons (Fsp3) is 0.320. The maximum atomic E-state index is 13.6. The Balaban J connectivity index is 1.60. The third-order valence-electron chi connectivity index (χ3n) is 6.04. The molecule has 11 heteroatoms. The summed E-state index contributed by atoms with van der Waals surface area (Å²) in [5.74, 6) is -0.614. The molecule has 1 N–H and O–H groups in total. The van der Waals surface area contributed by atoms with E-state index < -0.39 is 29.3 Å². The number of hydrogen-bond donors (Lipinski definition) is 1. The number of aliphatic carboxylic acids is 1. The molecular formula is C25H24F3N3O4S. The summed E-state index contributed by atoms with van der Waals surface area (Å²) in [6.45, 7) is 5.45. The summed E-state index contributed by atoms with van der Waals surface area (Å²) in [5.41, 5.74) is 0.764. The molecule has 0 saturated heterocycles. The van der Waals surface area contributed by atoms with Gasteiger partial charge < -0.3 is 14.7 Å². The van der Waals surface area contributed by atoms with E-state index in [0.717, 1.165) is 28.8 Å². The summed E-state index contributed by atoms with van der Waals surface area (Å²) in [6, 6.07) is 7.51. The smallest absolute Gasteiger partial charge is 0.416 e. The lowest BCUT2D eigenvalue weighted by atomic mass is 9.94. The van der Waals surface area contributed by atoms with Crippen LogP contribution < -0.4 is 9.64 Å². The molecule has 190 valence electrons. The Morgan fingerprint density at radius 2 is 1.83 bits per heavy atom. The number of ether oxygens (including phenoxy) is 1. The highest BCUT2D eigenvalue weighted by Gasteiger charge is 2.34. The van der Waals surface area contributed by atoms with Gasteiger partial charge in [0.1, 0.15) is 5.75 Å². The van der Waals surface area contributed by atoms with Gasteiger partial charge >= 0.3 is 18.2 Å². The van der Waals surface area contributed by atoms with Gasteiger partial charge in [-0.15, -0.1) is 11.3 Å². The first kappa shape index (κ1) is 25.5. The highest BCUT2D eigenvalue weighted by molar-refractivity contribution is 7.13. The summed E-state index contributed by atoms with van der Waals surface area (Å²) >= 11 is 1.21. The second-order valence-corrected chi connectivity index (χ2v) is 9.77. The minimum atomic E-state index is -4.48. The SMILES string of the molecule is Cc1c(OC(C)(C)C(=O)O)ccc2c1CCN(C(=O)N(c1ccc(C(F)(F)F)cc1)c1nccs1)C2. The molecule has 1 aromatic heterocycles. The zero-order valence-electron chi connectivity index (χ0n) is 19.8. The van der Waals surface area contributed by atoms with E-state index in [1.165, 1.54) is 48.4 Å². The maximum absolute atomic E-state index is 13.6. The number of carbonyl (C=O) groups excluding carboxylic acids is 1. The van der Waals surface area contributed by atoms with Crippen molar-refractivity contribution in [2.24, 2.45) is 0 Å². The predicted octanol–water partition coefficient (Wildman–Crippen LogP) is 6.03. The zero-order valence-corrected chi connectivity index (χ0v) is 20.6. The van der Waals surface area contributed by atoms with Crippen LogP contribution in [-0.2, 0) is 23.9 Å². The van der Waals surface area contributed by atoms with Crippen molar-refractivity contribution in [3.63, 3.8) is 0 Å². The van der Waals surface area contributed by atoms with Gasteiger partial charge in [0.15, 0.2) is 10.7 Å². The van der Waals surface area contributed by atoms with Gasteiger partial charge in [-0.3, -0.25) is 0 Å². The number of benzene rings is 2. The predicted molar refractivity (Wildman–Crippen MR) is 129 cm³/mol. The van der Waals surface area contributed by atoms with Crippen LogP contribution in [0.3, 0.4) is 0 Å². The number of amides is 2. The van der Waals surface area contributed by atoms with E-state index >= 15 is 0 Å². The number of nitrogens with zero attached hydrogens (tertiary/aromatic N) is 3. The van der Waals surface area contributed by atoms with E-state index in [1.807, 2.05) is 6.92 Å². The fourth-order valence-electron chi connectivity index (χ4n) is 3.98. The molecule has 0 fully saturated rings. The summed E-state index contributed by atoms with van der Waals surface area (Å²) in [6.07, 6.45) is -2.44. The van der Waals surface area contributed by atoms with E-state index in [1.54, 1.807) is 22.4 Å². The first-order valence-corrected chi connectivity index (χ1v) is 12.0. The van der Waals surface area contributed by atoms with Crippen LogP contribution in [0, 0.1) is 6.92 Å². The maximum Gasteiger partial charge on any atom is 0.416 e. The number of carboxylic acids is 1. The lowest BCUT2D eigenvalue weighted by Crippen LogP contribution is -2.43. The van der Waals surface area contributed by atoms with Crippen molar-refractivity contribution in [1.82, 2.24) is 9.88 Å². The fourth-order valence-corrected chi connectivity index (χ4v) is 4.64. The number of urea groups is 1. The topological polar surface area (TPSA) is 83.0 Å². The minimum Gasteiger partial charge on any atom is -0.478 e. The molecule has 1 aliphatic heterocycles. The highest BCUT2D eigenvalue weighted by Crippen LogP contribution is 2.36. The van der Waals surface area contributed by atoms with Gasteiger partial charge in [0.05, 0.1) is 11.3 Å². The van der Waals surface area contributed by atoms with Crippen LogP contribution in [0.4, 0.5) is 28.8 Å². The first-order chi connectivity index (χ1) is 16.9. The van der Waals surface area contributed by atoms with Crippen LogP contribution in [0.2, 0.25) is 0 Å². The largest absolute Gasteiger partial charge is 0.478 e. The Bertz CT molecular complexity index is 1270. The quantitative estimate of drug-likeness (QED) is 0.445. The molecule has 2 aromatic carbocycles. The Kier molecular flexibility index (Phi) is 6.70. The monoisotopic (exact) mass is 519 g/mol. The Hall–Kier alpha value is -3.60. The molecule has 0 aliphatic carbocycles. The van der Waals surface area contributed by atoms with Crippen molar-refractivity contribution in [2.75, 3.05) is 11.4 Å². The molecule has 3 aromatic rings. The molecule has 0 spiro atoms. The van der Waals surface area contributed by atoms with E-state index in [-0.39, 0.29) is 12.2 Å². The van der Waals surface area contributed by atoms with E-state index in [4.69, 9.17) is 4.74 Å². The number of halogens is 3. The molecule has 0 bridgehead atoms. The molecule has 7 nitrogen and oxygen atoms in total. The molecule has 4 rings (SSSR count). The van der Waals surface area contributed by atoms with Gasteiger partial charge in [-0.2, -0.15) is 13.2 Å². The molecule has 0 radical (unpaired) electrons. The molecule has 1 aliphatic rings. The number of rotatable bonds is 5. The van der Waals surface area contributed by atoms with Crippen LogP contribution >= 0.6 is 11.3 Å². The number of aromatic nitrogens is 1. The van der Waals surface area contributed by atoms with Crippen molar-refractivity contribution < 1.29 is 32.6 Å². The van der Waals surface area contributed by atoms with Gasteiger partial charge in [0, 0.05) is 24.7 Å². The van der Waals surface area contributed by atoms with E-state index in [9.17, 15) is 27.9 Å². The van der Waals surface area contributed by atoms with Crippen LogP contribution in [0.5, 0.6) is 5.75 Å². The Morgan fingerprint density at radius 3 is 2.42 bits per heavy atom. The van der Waals surface area contributed by atoms with Crippen LogP contribution in [0.1, 0.15) is 36.1 Å². The summed E-state index contributed by atoms with van der Waals surface area (Å²) in [5, 5.41) is 11.4. The normalized spacial score (nSPS) is 13.8. The summed E-state index contributed by atoms with van der Waals surface area (Å²) in [7, 11) is 0.